The molecule has 0 aromatic rings. The Morgan fingerprint density at radius 2 is 2.27 bits per heavy atom. The van der Waals surface area contributed by atoms with E-state index in [1.165, 1.54) is 0 Å². The van der Waals surface area contributed by atoms with E-state index in [-0.39, 0.29) is 5.92 Å². The summed E-state index contributed by atoms with van der Waals surface area (Å²) in [6, 6.07) is 0. The molecule has 0 aromatic carbocycles. The Morgan fingerprint density at radius 1 is 1.64 bits per heavy atom. The van der Waals surface area contributed by atoms with E-state index in [9.17, 15) is 4.79 Å². The standard InChI is InChI=1S/C9H14O2/c1-3-5-6-7-8(4-2)9(10)11/h8H,4,6-7H2,1-2H3,(H,10,11). The first-order valence-corrected chi connectivity index (χ1v) is 3.84. The maximum absolute atomic E-state index is 10.5. The van der Waals surface area contributed by atoms with Crippen molar-refractivity contribution in [3.63, 3.8) is 0 Å². The maximum Gasteiger partial charge on any atom is 0.306 e. The zero-order valence-electron chi connectivity index (χ0n) is 7.05. The topological polar surface area (TPSA) is 37.3 Å². The van der Waals surface area contributed by atoms with Gasteiger partial charge in [-0.25, -0.2) is 0 Å². The van der Waals surface area contributed by atoms with Gasteiger partial charge < -0.3 is 5.11 Å². The largest absolute Gasteiger partial charge is 0.481 e. The van der Waals surface area contributed by atoms with E-state index in [4.69, 9.17) is 5.11 Å². The molecule has 0 saturated carbocycles. The third-order valence-electron chi connectivity index (χ3n) is 1.64. The summed E-state index contributed by atoms with van der Waals surface area (Å²) in [6.45, 7) is 3.65. The van der Waals surface area contributed by atoms with Gasteiger partial charge in [0.15, 0.2) is 0 Å². The van der Waals surface area contributed by atoms with Gasteiger partial charge in [0.05, 0.1) is 5.92 Å². The number of carboxylic acids is 1. The summed E-state index contributed by atoms with van der Waals surface area (Å²) in [6.07, 6.45) is 2.06. The van der Waals surface area contributed by atoms with Crippen LogP contribution in [-0.4, -0.2) is 11.1 Å². The van der Waals surface area contributed by atoms with Crippen LogP contribution in [0.1, 0.15) is 33.1 Å². The molecule has 0 fully saturated rings. The van der Waals surface area contributed by atoms with E-state index < -0.39 is 5.97 Å². The second-order valence-corrected chi connectivity index (χ2v) is 2.41. The molecule has 0 rings (SSSR count). The van der Waals surface area contributed by atoms with Crippen LogP contribution < -0.4 is 0 Å². The highest BCUT2D eigenvalue weighted by Gasteiger charge is 2.12. The zero-order valence-corrected chi connectivity index (χ0v) is 7.05. The SMILES string of the molecule is CC#CCCC(CC)C(=O)O. The first-order chi connectivity index (χ1) is 5.22. The number of carboxylic acid groups (broad SMARTS) is 1. The third-order valence-corrected chi connectivity index (χ3v) is 1.64. The van der Waals surface area contributed by atoms with Crippen molar-refractivity contribution in [2.24, 2.45) is 5.92 Å². The Kier molecular flexibility index (Phi) is 5.28. The summed E-state index contributed by atoms with van der Waals surface area (Å²) >= 11 is 0. The van der Waals surface area contributed by atoms with Crippen LogP contribution in [0.3, 0.4) is 0 Å². The summed E-state index contributed by atoms with van der Waals surface area (Å²) in [5.74, 6) is 4.68. The second kappa shape index (κ2) is 5.79. The molecular formula is C9H14O2. The quantitative estimate of drug-likeness (QED) is 0.628. The number of hydrogen-bond acceptors (Lipinski definition) is 1. The molecule has 0 bridgehead atoms. The molecule has 0 amide bonds. The Balaban J connectivity index is 3.67. The molecule has 1 N–H and O–H groups in total. The molecule has 0 saturated heterocycles. The summed E-state index contributed by atoms with van der Waals surface area (Å²) in [5.41, 5.74) is 0. The van der Waals surface area contributed by atoms with E-state index in [1.807, 2.05) is 6.92 Å². The second-order valence-electron chi connectivity index (χ2n) is 2.41. The molecule has 2 nitrogen and oxygen atoms in total. The van der Waals surface area contributed by atoms with Gasteiger partial charge in [0, 0.05) is 6.42 Å². The molecular weight excluding hydrogens is 140 g/mol. The fourth-order valence-corrected chi connectivity index (χ4v) is 0.874. The van der Waals surface area contributed by atoms with Gasteiger partial charge in [0.1, 0.15) is 0 Å². The average Bonchev–Trinajstić information content (AvgIpc) is 1.97. The average molecular weight is 154 g/mol. The molecule has 0 aliphatic carbocycles. The molecule has 2 heteroatoms. The monoisotopic (exact) mass is 154 g/mol. The summed E-state index contributed by atoms with van der Waals surface area (Å²) in [4.78, 5) is 10.5. The summed E-state index contributed by atoms with van der Waals surface area (Å²) < 4.78 is 0. The highest BCUT2D eigenvalue weighted by Crippen LogP contribution is 2.09. The lowest BCUT2D eigenvalue weighted by atomic mass is 10.0. The Morgan fingerprint density at radius 3 is 2.64 bits per heavy atom. The summed E-state index contributed by atoms with van der Waals surface area (Å²) in [5, 5.41) is 8.62. The van der Waals surface area contributed by atoms with Crippen LogP contribution in [0.15, 0.2) is 0 Å². The fraction of sp³-hybridized carbons (Fsp3) is 0.667. The zero-order chi connectivity index (χ0) is 8.69. The molecule has 1 unspecified atom stereocenters. The number of hydrogen-bond donors (Lipinski definition) is 1. The smallest absolute Gasteiger partial charge is 0.306 e. The lowest BCUT2D eigenvalue weighted by molar-refractivity contribution is -0.142. The van der Waals surface area contributed by atoms with Crippen LogP contribution in [0.4, 0.5) is 0 Å². The molecule has 0 radical (unpaired) electrons. The normalized spacial score (nSPS) is 11.5. The van der Waals surface area contributed by atoms with Crippen molar-refractivity contribution < 1.29 is 9.90 Å². The van der Waals surface area contributed by atoms with E-state index in [0.717, 1.165) is 0 Å². The van der Waals surface area contributed by atoms with Crippen molar-refractivity contribution in [2.45, 2.75) is 33.1 Å². The van der Waals surface area contributed by atoms with Crippen molar-refractivity contribution in [1.29, 1.82) is 0 Å². The molecule has 0 aliphatic rings. The number of aliphatic carboxylic acids is 1. The van der Waals surface area contributed by atoms with Crippen LogP contribution in [0.5, 0.6) is 0 Å². The fourth-order valence-electron chi connectivity index (χ4n) is 0.874. The molecule has 1 atom stereocenters. The van der Waals surface area contributed by atoms with Crippen molar-refractivity contribution in [3.05, 3.63) is 0 Å². The highest BCUT2D eigenvalue weighted by atomic mass is 16.4. The lowest BCUT2D eigenvalue weighted by Gasteiger charge is -2.05. The van der Waals surface area contributed by atoms with Gasteiger partial charge in [-0.3, -0.25) is 4.79 Å². The Labute approximate surface area is 67.6 Å². The first kappa shape index (κ1) is 10.0. The maximum atomic E-state index is 10.5. The lowest BCUT2D eigenvalue weighted by Crippen LogP contribution is -2.11. The number of rotatable bonds is 4. The van der Waals surface area contributed by atoms with Gasteiger partial charge in [-0.1, -0.05) is 6.92 Å². The predicted molar refractivity (Wildman–Crippen MR) is 44.1 cm³/mol. The Hall–Kier alpha value is -0.970. The minimum Gasteiger partial charge on any atom is -0.481 e. The molecule has 0 spiro atoms. The van der Waals surface area contributed by atoms with E-state index in [0.29, 0.717) is 19.3 Å². The van der Waals surface area contributed by atoms with Crippen molar-refractivity contribution in [3.8, 4) is 11.8 Å². The van der Waals surface area contributed by atoms with E-state index >= 15 is 0 Å². The van der Waals surface area contributed by atoms with Gasteiger partial charge >= 0.3 is 5.97 Å². The molecule has 0 aromatic heterocycles. The minimum absolute atomic E-state index is 0.212. The van der Waals surface area contributed by atoms with Gasteiger partial charge in [-0.05, 0) is 19.8 Å². The summed E-state index contributed by atoms with van der Waals surface area (Å²) in [7, 11) is 0. The Bertz CT molecular complexity index is 174. The van der Waals surface area contributed by atoms with E-state index in [2.05, 4.69) is 11.8 Å². The van der Waals surface area contributed by atoms with E-state index in [1.54, 1.807) is 6.92 Å². The van der Waals surface area contributed by atoms with Gasteiger partial charge in [0.25, 0.3) is 0 Å². The van der Waals surface area contributed by atoms with Crippen molar-refractivity contribution >= 4 is 5.97 Å². The molecule has 62 valence electrons. The van der Waals surface area contributed by atoms with Gasteiger partial charge in [-0.2, -0.15) is 0 Å². The van der Waals surface area contributed by atoms with Crippen LogP contribution in [0, 0.1) is 17.8 Å². The van der Waals surface area contributed by atoms with Crippen LogP contribution >= 0.6 is 0 Å². The number of carbonyl (C=O) groups is 1. The van der Waals surface area contributed by atoms with Crippen LogP contribution in [-0.2, 0) is 4.79 Å². The van der Waals surface area contributed by atoms with Crippen LogP contribution in [0.2, 0.25) is 0 Å². The molecule has 0 aliphatic heterocycles. The van der Waals surface area contributed by atoms with Crippen LogP contribution in [0.25, 0.3) is 0 Å². The van der Waals surface area contributed by atoms with Crippen molar-refractivity contribution in [1.82, 2.24) is 0 Å². The predicted octanol–water partition coefficient (Wildman–Crippen LogP) is 1.90. The minimum atomic E-state index is -0.703. The van der Waals surface area contributed by atoms with Gasteiger partial charge in [-0.15, -0.1) is 11.8 Å². The third kappa shape index (κ3) is 4.44. The molecule has 0 heterocycles. The highest BCUT2D eigenvalue weighted by molar-refractivity contribution is 5.69. The molecule has 11 heavy (non-hydrogen) atoms. The van der Waals surface area contributed by atoms with Gasteiger partial charge in [0.2, 0.25) is 0 Å². The van der Waals surface area contributed by atoms with Crippen molar-refractivity contribution in [2.75, 3.05) is 0 Å². The first-order valence-electron chi connectivity index (χ1n) is 3.84.